The summed E-state index contributed by atoms with van der Waals surface area (Å²) in [4.78, 5) is 80.2. The third-order valence-electron chi connectivity index (χ3n) is 4.06. The van der Waals surface area contributed by atoms with Gasteiger partial charge in [-0.05, 0) is 19.8 Å². The number of primary amides is 1. The highest BCUT2D eigenvalue weighted by atomic mass is 16.4. The monoisotopic (exact) mass is 461 g/mol. The summed E-state index contributed by atoms with van der Waals surface area (Å²) >= 11 is 0. The van der Waals surface area contributed by atoms with E-state index in [4.69, 9.17) is 26.8 Å². The Bertz CT molecular complexity index is 756. The van der Waals surface area contributed by atoms with E-state index in [9.17, 15) is 33.6 Å². The molecule has 180 valence electrons. The van der Waals surface area contributed by atoms with Gasteiger partial charge in [-0.25, -0.2) is 4.79 Å². The molecule has 0 aliphatic carbocycles. The summed E-state index contributed by atoms with van der Waals surface area (Å²) in [5.41, 5.74) is 10.6. The highest BCUT2D eigenvalue weighted by Crippen LogP contribution is 2.02. The molecular weight excluding hydrogens is 434 g/mol. The zero-order valence-corrected chi connectivity index (χ0v) is 17.2. The van der Waals surface area contributed by atoms with Gasteiger partial charge in [0.1, 0.15) is 18.1 Å². The fourth-order valence-electron chi connectivity index (χ4n) is 2.30. The summed E-state index contributed by atoms with van der Waals surface area (Å²) < 4.78 is 0. The molecule has 0 aliphatic rings. The van der Waals surface area contributed by atoms with Crippen LogP contribution in [0.1, 0.15) is 39.0 Å². The van der Waals surface area contributed by atoms with Gasteiger partial charge in [-0.15, -0.1) is 0 Å². The molecule has 0 aromatic heterocycles. The molecule has 0 spiro atoms. The average molecular weight is 461 g/mol. The lowest BCUT2D eigenvalue weighted by atomic mass is 10.1. The Hall–Kier alpha value is -3.75. The van der Waals surface area contributed by atoms with Crippen molar-refractivity contribution in [2.45, 2.75) is 63.2 Å². The first-order valence-corrected chi connectivity index (χ1v) is 9.36. The third-order valence-corrected chi connectivity index (χ3v) is 4.06. The first kappa shape index (κ1) is 28.2. The molecular formula is C17H27N5O10. The van der Waals surface area contributed by atoms with Crippen molar-refractivity contribution in [2.24, 2.45) is 11.5 Å². The van der Waals surface area contributed by atoms with Gasteiger partial charge in [0.05, 0.1) is 12.5 Å². The van der Waals surface area contributed by atoms with Crippen LogP contribution in [-0.4, -0.2) is 81.0 Å². The SMILES string of the molecule is CC(NC(=O)C(N)CCC(=O)O)C(=O)NC(CCC(N)=O)C(=O)NC(CC(=O)O)C(=O)O. The van der Waals surface area contributed by atoms with Crippen LogP contribution >= 0.6 is 0 Å². The molecule has 0 saturated carbocycles. The van der Waals surface area contributed by atoms with Gasteiger partial charge in [-0.2, -0.15) is 0 Å². The van der Waals surface area contributed by atoms with Crippen LogP contribution in [0.3, 0.4) is 0 Å². The average Bonchev–Trinajstić information content (AvgIpc) is 2.67. The molecule has 0 heterocycles. The van der Waals surface area contributed by atoms with Crippen LogP contribution in [0, 0.1) is 0 Å². The number of nitrogens with one attached hydrogen (secondary N) is 3. The van der Waals surface area contributed by atoms with Gasteiger partial charge in [0.25, 0.3) is 0 Å². The number of carboxylic acid groups (broad SMARTS) is 3. The third kappa shape index (κ3) is 11.4. The molecule has 32 heavy (non-hydrogen) atoms. The Morgan fingerprint density at radius 3 is 1.78 bits per heavy atom. The number of nitrogens with two attached hydrogens (primary N) is 2. The van der Waals surface area contributed by atoms with Crippen molar-refractivity contribution in [3.8, 4) is 0 Å². The Balaban J connectivity index is 5.16. The van der Waals surface area contributed by atoms with Crippen molar-refractivity contribution in [2.75, 3.05) is 0 Å². The summed E-state index contributed by atoms with van der Waals surface area (Å²) in [5, 5.41) is 32.8. The van der Waals surface area contributed by atoms with E-state index < -0.39 is 72.1 Å². The lowest BCUT2D eigenvalue weighted by Crippen LogP contribution is -2.56. The van der Waals surface area contributed by atoms with E-state index in [2.05, 4.69) is 10.6 Å². The van der Waals surface area contributed by atoms with Crippen LogP contribution < -0.4 is 27.4 Å². The molecule has 4 amide bonds. The molecule has 10 N–H and O–H groups in total. The molecule has 0 aliphatic heterocycles. The van der Waals surface area contributed by atoms with Crippen molar-refractivity contribution in [3.05, 3.63) is 0 Å². The second kappa shape index (κ2) is 13.5. The molecule has 15 nitrogen and oxygen atoms in total. The van der Waals surface area contributed by atoms with Gasteiger partial charge < -0.3 is 42.7 Å². The van der Waals surface area contributed by atoms with Gasteiger partial charge in [-0.3, -0.25) is 28.8 Å². The Morgan fingerprint density at radius 2 is 1.31 bits per heavy atom. The smallest absolute Gasteiger partial charge is 0.326 e. The van der Waals surface area contributed by atoms with Crippen molar-refractivity contribution >= 4 is 41.5 Å². The van der Waals surface area contributed by atoms with Gasteiger partial charge in [0, 0.05) is 12.8 Å². The summed E-state index contributed by atoms with van der Waals surface area (Å²) in [6.45, 7) is 1.24. The minimum atomic E-state index is -1.79. The zero-order valence-electron chi connectivity index (χ0n) is 17.2. The van der Waals surface area contributed by atoms with Crippen molar-refractivity contribution in [1.82, 2.24) is 16.0 Å². The highest BCUT2D eigenvalue weighted by molar-refractivity contribution is 5.94. The summed E-state index contributed by atoms with van der Waals surface area (Å²) in [5.74, 6) is -7.90. The molecule has 0 rings (SSSR count). The maximum atomic E-state index is 12.4. The molecule has 0 saturated heterocycles. The van der Waals surface area contributed by atoms with Crippen molar-refractivity contribution in [3.63, 3.8) is 0 Å². The van der Waals surface area contributed by atoms with Gasteiger partial charge >= 0.3 is 17.9 Å². The topological polar surface area (TPSA) is 268 Å². The standard InChI is InChI=1S/C17H27N5O10/c1-7(20-15(29)8(18)2-5-12(24)25)14(28)21-9(3-4-11(19)23)16(30)22-10(17(31)32)6-13(26)27/h7-10H,2-6,18H2,1H3,(H2,19,23)(H,20,29)(H,21,28)(H,22,30)(H,24,25)(H,26,27)(H,31,32). The van der Waals surface area contributed by atoms with Crippen LogP contribution in [0.4, 0.5) is 0 Å². The number of aliphatic carboxylic acids is 3. The predicted molar refractivity (Wildman–Crippen MR) is 105 cm³/mol. The lowest BCUT2D eigenvalue weighted by Gasteiger charge is -2.23. The van der Waals surface area contributed by atoms with Crippen LogP contribution in [0.25, 0.3) is 0 Å². The van der Waals surface area contributed by atoms with Crippen LogP contribution in [-0.2, 0) is 33.6 Å². The zero-order chi connectivity index (χ0) is 25.0. The number of carbonyl (C=O) groups is 7. The molecule has 0 radical (unpaired) electrons. The fraction of sp³-hybridized carbons (Fsp3) is 0.588. The molecule has 15 heteroatoms. The first-order valence-electron chi connectivity index (χ1n) is 9.36. The van der Waals surface area contributed by atoms with Crippen molar-refractivity contribution in [1.29, 1.82) is 0 Å². The first-order chi connectivity index (χ1) is 14.7. The number of rotatable bonds is 15. The second-order valence-electron chi connectivity index (χ2n) is 6.83. The number of hydrogen-bond donors (Lipinski definition) is 8. The predicted octanol–water partition coefficient (Wildman–Crippen LogP) is -3.52. The second-order valence-corrected chi connectivity index (χ2v) is 6.83. The van der Waals surface area contributed by atoms with E-state index in [-0.39, 0.29) is 25.7 Å². The van der Waals surface area contributed by atoms with Gasteiger partial charge in [0.2, 0.25) is 23.6 Å². The quantitative estimate of drug-likeness (QED) is 0.118. The Labute approximate surface area is 181 Å². The molecule has 4 atom stereocenters. The highest BCUT2D eigenvalue weighted by Gasteiger charge is 2.30. The number of carboxylic acids is 3. The summed E-state index contributed by atoms with van der Waals surface area (Å²) in [7, 11) is 0. The van der Waals surface area contributed by atoms with Crippen LogP contribution in [0.15, 0.2) is 0 Å². The minimum Gasteiger partial charge on any atom is -0.481 e. The number of amides is 4. The summed E-state index contributed by atoms with van der Waals surface area (Å²) in [6.07, 6.45) is -2.18. The summed E-state index contributed by atoms with van der Waals surface area (Å²) in [6, 6.07) is -5.71. The maximum absolute atomic E-state index is 12.4. The largest absolute Gasteiger partial charge is 0.481 e. The van der Waals surface area contributed by atoms with Crippen LogP contribution in [0.5, 0.6) is 0 Å². The van der Waals surface area contributed by atoms with Crippen LogP contribution in [0.2, 0.25) is 0 Å². The van der Waals surface area contributed by atoms with E-state index in [0.717, 1.165) is 0 Å². The van der Waals surface area contributed by atoms with Crippen molar-refractivity contribution < 1.29 is 48.9 Å². The van der Waals surface area contributed by atoms with Gasteiger partial charge in [-0.1, -0.05) is 0 Å². The van der Waals surface area contributed by atoms with E-state index in [1.165, 1.54) is 6.92 Å². The molecule has 0 aromatic rings. The Morgan fingerprint density at radius 1 is 0.750 bits per heavy atom. The number of hydrogen-bond acceptors (Lipinski definition) is 8. The molecule has 0 fully saturated rings. The van der Waals surface area contributed by atoms with E-state index in [0.29, 0.717) is 0 Å². The normalized spacial score (nSPS) is 14.2. The fourth-order valence-corrected chi connectivity index (χ4v) is 2.30. The molecule has 0 bridgehead atoms. The van der Waals surface area contributed by atoms with E-state index in [1.54, 1.807) is 0 Å². The molecule has 4 unspecified atom stereocenters. The van der Waals surface area contributed by atoms with E-state index in [1.807, 2.05) is 5.32 Å². The molecule has 0 aromatic carbocycles. The number of carbonyl (C=O) groups excluding carboxylic acids is 4. The Kier molecular flexibility index (Phi) is 11.9. The van der Waals surface area contributed by atoms with E-state index >= 15 is 0 Å². The lowest BCUT2D eigenvalue weighted by molar-refractivity contribution is -0.147. The van der Waals surface area contributed by atoms with Gasteiger partial charge in [0.15, 0.2) is 0 Å². The maximum Gasteiger partial charge on any atom is 0.326 e. The minimum absolute atomic E-state index is 0.181.